The molecule has 1 heterocycles. The van der Waals surface area contributed by atoms with E-state index in [0.717, 1.165) is 10.4 Å². The number of nitrogen functional groups attached to an aromatic ring is 1. The van der Waals surface area contributed by atoms with Crippen LogP contribution in [0.2, 0.25) is 0 Å². The summed E-state index contributed by atoms with van der Waals surface area (Å²) in [5, 5.41) is 0.441. The first-order valence-corrected chi connectivity index (χ1v) is 6.09. The third kappa shape index (κ3) is 2.53. The van der Waals surface area contributed by atoms with Gasteiger partial charge < -0.3 is 10.5 Å². The molecule has 0 atom stereocenters. The van der Waals surface area contributed by atoms with Gasteiger partial charge in [0.2, 0.25) is 0 Å². The molecule has 1 aromatic heterocycles. The average molecular weight is 257 g/mol. The Hall–Kier alpha value is -2.25. The molecule has 4 heteroatoms. The molecular weight excluding hydrogens is 246 g/mol. The number of ether oxygens (including phenoxy) is 1. The Labute approximate surface area is 109 Å². The molecule has 0 aliphatic heterocycles. The summed E-state index contributed by atoms with van der Waals surface area (Å²) >= 11 is 1.35. The molecule has 0 aliphatic carbocycles. The van der Waals surface area contributed by atoms with Crippen LogP contribution in [0.5, 0.6) is 0 Å². The second kappa shape index (κ2) is 5.39. The van der Waals surface area contributed by atoms with Gasteiger partial charge in [0.1, 0.15) is 5.00 Å². The van der Waals surface area contributed by atoms with Crippen molar-refractivity contribution in [1.82, 2.24) is 0 Å². The Kier molecular flexibility index (Phi) is 3.66. The Morgan fingerprint density at radius 3 is 2.78 bits per heavy atom. The van der Waals surface area contributed by atoms with Gasteiger partial charge in [-0.2, -0.15) is 0 Å². The van der Waals surface area contributed by atoms with Crippen LogP contribution in [0.1, 0.15) is 10.4 Å². The predicted octanol–water partition coefficient (Wildman–Crippen LogP) is 2.79. The van der Waals surface area contributed by atoms with Crippen LogP contribution in [0.3, 0.4) is 0 Å². The topological polar surface area (TPSA) is 52.3 Å². The number of nitrogens with two attached hydrogens (primary N) is 1. The van der Waals surface area contributed by atoms with Crippen molar-refractivity contribution in [2.45, 2.75) is 0 Å². The van der Waals surface area contributed by atoms with Crippen molar-refractivity contribution in [2.75, 3.05) is 12.3 Å². The normalized spacial score (nSPS) is 9.72. The van der Waals surface area contributed by atoms with Gasteiger partial charge in [0.05, 0.1) is 5.56 Å². The highest BCUT2D eigenvalue weighted by Gasteiger charge is 2.15. The molecule has 2 N–H and O–H groups in total. The van der Waals surface area contributed by atoms with Crippen molar-refractivity contribution in [3.63, 3.8) is 0 Å². The van der Waals surface area contributed by atoms with Crippen LogP contribution < -0.4 is 5.73 Å². The van der Waals surface area contributed by atoms with Crippen LogP contribution in [0.4, 0.5) is 5.00 Å². The number of terminal acetylenes is 1. The minimum Gasteiger partial charge on any atom is -0.449 e. The quantitative estimate of drug-likeness (QED) is 0.679. The van der Waals surface area contributed by atoms with Crippen LogP contribution in [0, 0.1) is 12.3 Å². The number of hydrogen-bond donors (Lipinski definition) is 1. The molecule has 0 amide bonds. The molecule has 0 spiro atoms. The number of thiophene rings is 1. The van der Waals surface area contributed by atoms with Gasteiger partial charge in [-0.15, -0.1) is 17.8 Å². The third-order valence-corrected chi connectivity index (χ3v) is 3.34. The van der Waals surface area contributed by atoms with E-state index < -0.39 is 5.97 Å². The molecule has 18 heavy (non-hydrogen) atoms. The Morgan fingerprint density at radius 2 is 2.11 bits per heavy atom. The van der Waals surface area contributed by atoms with Crippen LogP contribution >= 0.6 is 11.3 Å². The van der Waals surface area contributed by atoms with Crippen molar-refractivity contribution in [1.29, 1.82) is 0 Å². The predicted molar refractivity (Wildman–Crippen MR) is 73.3 cm³/mol. The Morgan fingerprint density at radius 1 is 1.39 bits per heavy atom. The van der Waals surface area contributed by atoms with Gasteiger partial charge in [-0.05, 0) is 11.6 Å². The first-order chi connectivity index (χ1) is 8.72. The summed E-state index contributed by atoms with van der Waals surface area (Å²) in [5.74, 6) is 1.76. The summed E-state index contributed by atoms with van der Waals surface area (Å²) < 4.78 is 4.86. The fourth-order valence-corrected chi connectivity index (χ4v) is 2.41. The van der Waals surface area contributed by atoms with Gasteiger partial charge in [-0.25, -0.2) is 4.79 Å². The van der Waals surface area contributed by atoms with Crippen LogP contribution in [0.15, 0.2) is 36.4 Å². The molecule has 1 aromatic carbocycles. The van der Waals surface area contributed by atoms with Gasteiger partial charge >= 0.3 is 5.97 Å². The molecule has 0 radical (unpaired) electrons. The second-order valence-electron chi connectivity index (χ2n) is 3.53. The van der Waals surface area contributed by atoms with E-state index in [9.17, 15) is 4.79 Å². The van der Waals surface area contributed by atoms with E-state index in [1.54, 1.807) is 6.07 Å². The first-order valence-electron chi connectivity index (χ1n) is 5.27. The fourth-order valence-electron chi connectivity index (χ4n) is 1.49. The highest BCUT2D eigenvalue weighted by molar-refractivity contribution is 7.19. The number of hydrogen-bond acceptors (Lipinski definition) is 4. The van der Waals surface area contributed by atoms with E-state index >= 15 is 0 Å². The van der Waals surface area contributed by atoms with Gasteiger partial charge in [0, 0.05) is 4.88 Å². The van der Waals surface area contributed by atoms with Crippen molar-refractivity contribution in [3.8, 4) is 22.8 Å². The summed E-state index contributed by atoms with van der Waals surface area (Å²) in [4.78, 5) is 12.6. The van der Waals surface area contributed by atoms with E-state index in [-0.39, 0.29) is 6.61 Å². The highest BCUT2D eigenvalue weighted by Crippen LogP contribution is 2.33. The molecule has 0 fully saturated rings. The average Bonchev–Trinajstić information content (AvgIpc) is 2.79. The molecule has 90 valence electrons. The molecule has 3 nitrogen and oxygen atoms in total. The molecular formula is C14H11NO2S. The van der Waals surface area contributed by atoms with Gasteiger partial charge in [-0.1, -0.05) is 36.3 Å². The molecule has 2 aromatic rings. The lowest BCUT2D eigenvalue weighted by Gasteiger charge is -1.98. The van der Waals surface area contributed by atoms with E-state index in [1.807, 2.05) is 30.3 Å². The van der Waals surface area contributed by atoms with Crippen LogP contribution in [0.25, 0.3) is 10.4 Å². The van der Waals surface area contributed by atoms with Gasteiger partial charge in [0.15, 0.2) is 6.61 Å². The fraction of sp³-hybridized carbons (Fsp3) is 0.0714. The summed E-state index contributed by atoms with van der Waals surface area (Å²) in [5.41, 5.74) is 7.21. The summed E-state index contributed by atoms with van der Waals surface area (Å²) in [7, 11) is 0. The zero-order chi connectivity index (χ0) is 13.0. The molecule has 0 saturated heterocycles. The van der Waals surface area contributed by atoms with Crippen molar-refractivity contribution in [3.05, 3.63) is 42.0 Å². The molecule has 0 aliphatic rings. The summed E-state index contributed by atoms with van der Waals surface area (Å²) in [6, 6.07) is 11.4. The molecule has 0 saturated carbocycles. The van der Waals surface area contributed by atoms with E-state index in [4.69, 9.17) is 16.9 Å². The van der Waals surface area contributed by atoms with Crippen LogP contribution in [-0.2, 0) is 4.74 Å². The Balaban J connectivity index is 2.28. The molecule has 0 unspecified atom stereocenters. The van der Waals surface area contributed by atoms with Crippen molar-refractivity contribution >= 4 is 22.3 Å². The summed E-state index contributed by atoms with van der Waals surface area (Å²) in [6.45, 7) is -0.0468. The number of benzene rings is 1. The van der Waals surface area contributed by atoms with Crippen molar-refractivity contribution in [2.24, 2.45) is 0 Å². The maximum atomic E-state index is 11.7. The van der Waals surface area contributed by atoms with Gasteiger partial charge in [0.25, 0.3) is 0 Å². The lowest BCUT2D eigenvalue weighted by Crippen LogP contribution is -2.05. The number of rotatable bonds is 3. The highest BCUT2D eigenvalue weighted by atomic mass is 32.1. The lowest BCUT2D eigenvalue weighted by atomic mass is 10.1. The monoisotopic (exact) mass is 257 g/mol. The Bertz CT molecular complexity index is 596. The number of anilines is 1. The minimum atomic E-state index is -0.483. The number of carbonyl (C=O) groups is 1. The van der Waals surface area contributed by atoms with E-state index in [0.29, 0.717) is 10.6 Å². The maximum absolute atomic E-state index is 11.7. The third-order valence-electron chi connectivity index (χ3n) is 2.33. The van der Waals surface area contributed by atoms with E-state index in [2.05, 4.69) is 5.92 Å². The number of carbonyl (C=O) groups excluding carboxylic acids is 1. The second-order valence-corrected chi connectivity index (χ2v) is 4.62. The van der Waals surface area contributed by atoms with Crippen molar-refractivity contribution < 1.29 is 9.53 Å². The maximum Gasteiger partial charge on any atom is 0.342 e. The zero-order valence-electron chi connectivity index (χ0n) is 9.55. The zero-order valence-corrected chi connectivity index (χ0v) is 10.4. The minimum absolute atomic E-state index is 0.0468. The van der Waals surface area contributed by atoms with Gasteiger partial charge in [-0.3, -0.25) is 0 Å². The smallest absolute Gasteiger partial charge is 0.342 e. The largest absolute Gasteiger partial charge is 0.449 e. The first kappa shape index (κ1) is 12.2. The van der Waals surface area contributed by atoms with Crippen LogP contribution in [-0.4, -0.2) is 12.6 Å². The SMILES string of the molecule is C#CCOC(=O)c1cc(-c2ccccc2)sc1N. The standard InChI is InChI=1S/C14H11NO2S/c1-2-8-17-14(16)11-9-12(18-13(11)15)10-6-4-3-5-7-10/h1,3-7,9H,8,15H2. The molecule has 0 bridgehead atoms. The molecule has 2 rings (SSSR count). The lowest BCUT2D eigenvalue weighted by molar-refractivity contribution is 0.0558. The number of esters is 1. The van der Waals surface area contributed by atoms with E-state index in [1.165, 1.54) is 11.3 Å². The summed E-state index contributed by atoms with van der Waals surface area (Å²) in [6.07, 6.45) is 5.03.